The summed E-state index contributed by atoms with van der Waals surface area (Å²) in [5, 5.41) is 4.63. The van der Waals surface area contributed by atoms with Gasteiger partial charge in [-0.05, 0) is 84.8 Å². The van der Waals surface area contributed by atoms with Crippen molar-refractivity contribution in [2.75, 3.05) is 0 Å². The summed E-state index contributed by atoms with van der Waals surface area (Å²) in [5.74, 6) is 0.0512. The number of esters is 1. The molecule has 0 radical (unpaired) electrons. The summed E-state index contributed by atoms with van der Waals surface area (Å²) in [6.07, 6.45) is 1.48. The van der Waals surface area contributed by atoms with Crippen LogP contribution in [0.25, 0.3) is 0 Å². The third-order valence-corrected chi connectivity index (χ3v) is 5.81. The van der Waals surface area contributed by atoms with Gasteiger partial charge in [0.2, 0.25) is 0 Å². The summed E-state index contributed by atoms with van der Waals surface area (Å²) in [7, 11) is 0. The fourth-order valence-electron chi connectivity index (χ4n) is 3.22. The van der Waals surface area contributed by atoms with Crippen molar-refractivity contribution in [2.45, 2.75) is 13.5 Å². The van der Waals surface area contributed by atoms with E-state index in [9.17, 15) is 9.59 Å². The first-order valence-corrected chi connectivity index (χ1v) is 12.0. The highest BCUT2D eigenvalue weighted by Crippen LogP contribution is 2.23. The van der Waals surface area contributed by atoms with Gasteiger partial charge in [-0.2, -0.15) is 5.10 Å². The van der Waals surface area contributed by atoms with Crippen molar-refractivity contribution in [2.24, 2.45) is 5.10 Å². The normalized spacial score (nSPS) is 10.8. The molecule has 0 saturated heterocycles. The van der Waals surface area contributed by atoms with E-state index in [1.807, 2.05) is 31.2 Å². The van der Waals surface area contributed by atoms with E-state index in [1.165, 1.54) is 23.9 Å². The molecule has 0 aliphatic carbocycles. The molecule has 0 saturated carbocycles. The van der Waals surface area contributed by atoms with Crippen LogP contribution in [0.1, 0.15) is 37.4 Å². The average molecular weight is 533 g/mol. The Hall–Kier alpha value is -4.13. The quantitative estimate of drug-likeness (QED) is 0.116. The second kappa shape index (κ2) is 12.2. The van der Waals surface area contributed by atoms with Gasteiger partial charge in [0.25, 0.3) is 5.91 Å². The number of carbonyl (C=O) groups is 2. The van der Waals surface area contributed by atoms with Gasteiger partial charge in [0.1, 0.15) is 18.1 Å². The van der Waals surface area contributed by atoms with Crippen LogP contribution in [0, 0.1) is 6.92 Å². The summed E-state index contributed by atoms with van der Waals surface area (Å²) in [6.45, 7) is 2.48. The molecule has 4 aromatic rings. The predicted molar refractivity (Wildman–Crippen MR) is 145 cm³/mol. The Labute approximate surface area is 224 Å². The topological polar surface area (TPSA) is 77.0 Å². The zero-order valence-electron chi connectivity index (χ0n) is 19.8. The third kappa shape index (κ3) is 7.43. The lowest BCUT2D eigenvalue weighted by Crippen LogP contribution is -2.17. The van der Waals surface area contributed by atoms with Crippen LogP contribution in [0.2, 0.25) is 10.0 Å². The summed E-state index contributed by atoms with van der Waals surface area (Å²) in [4.78, 5) is 24.7. The summed E-state index contributed by atoms with van der Waals surface area (Å²) in [5.41, 5.74) is 6.11. The van der Waals surface area contributed by atoms with Gasteiger partial charge in [-0.3, -0.25) is 4.79 Å². The van der Waals surface area contributed by atoms with E-state index >= 15 is 0 Å². The maximum Gasteiger partial charge on any atom is 0.345 e. The Kier molecular flexibility index (Phi) is 8.56. The minimum atomic E-state index is -0.595. The van der Waals surface area contributed by atoms with Crippen molar-refractivity contribution in [1.29, 1.82) is 0 Å². The number of carbonyl (C=O) groups excluding carboxylic acids is 2. The highest BCUT2D eigenvalue weighted by atomic mass is 35.5. The monoisotopic (exact) mass is 532 g/mol. The number of hydrazone groups is 1. The standard InChI is InChI=1S/C29H22Cl2N2O4/c1-19-2-4-21(5-3-19)18-36-24-13-8-22(9-14-24)28(34)33-32-17-20-6-11-25(12-7-20)37-29(35)26-15-10-23(30)16-27(26)31/h2-17H,18H2,1H3,(H,33,34)/b32-17-. The van der Waals surface area contributed by atoms with Crippen LogP contribution in [0.4, 0.5) is 0 Å². The van der Waals surface area contributed by atoms with Crippen molar-refractivity contribution in [3.63, 3.8) is 0 Å². The molecule has 0 aromatic heterocycles. The zero-order valence-corrected chi connectivity index (χ0v) is 21.3. The number of amides is 1. The number of benzene rings is 4. The highest BCUT2D eigenvalue weighted by Gasteiger charge is 2.13. The van der Waals surface area contributed by atoms with Gasteiger partial charge in [0.05, 0.1) is 16.8 Å². The molecule has 0 fully saturated rings. The molecule has 186 valence electrons. The van der Waals surface area contributed by atoms with Crippen LogP contribution in [0.3, 0.4) is 0 Å². The van der Waals surface area contributed by atoms with Gasteiger partial charge in [0.15, 0.2) is 0 Å². The molecule has 1 amide bonds. The minimum Gasteiger partial charge on any atom is -0.489 e. The second-order valence-electron chi connectivity index (χ2n) is 8.08. The number of hydrogen-bond acceptors (Lipinski definition) is 5. The van der Waals surface area contributed by atoms with Gasteiger partial charge in [-0.15, -0.1) is 0 Å². The van der Waals surface area contributed by atoms with Crippen LogP contribution in [-0.2, 0) is 6.61 Å². The fourth-order valence-corrected chi connectivity index (χ4v) is 3.71. The number of nitrogens with zero attached hydrogens (tertiary/aromatic N) is 1. The number of ether oxygens (including phenoxy) is 2. The molecule has 0 bridgehead atoms. The Morgan fingerprint density at radius 2 is 1.54 bits per heavy atom. The van der Waals surface area contributed by atoms with Crippen LogP contribution in [0.15, 0.2) is 96.1 Å². The molecule has 0 aliphatic heterocycles. The number of hydrogen-bond donors (Lipinski definition) is 1. The van der Waals surface area contributed by atoms with Gasteiger partial charge >= 0.3 is 5.97 Å². The SMILES string of the molecule is Cc1ccc(COc2ccc(C(=O)N/N=C\c3ccc(OC(=O)c4ccc(Cl)cc4Cl)cc3)cc2)cc1. The Morgan fingerprint density at radius 3 is 2.22 bits per heavy atom. The van der Waals surface area contributed by atoms with Crippen LogP contribution in [-0.4, -0.2) is 18.1 Å². The van der Waals surface area contributed by atoms with Crippen LogP contribution < -0.4 is 14.9 Å². The lowest BCUT2D eigenvalue weighted by molar-refractivity contribution is 0.0734. The zero-order chi connectivity index (χ0) is 26.2. The van der Waals surface area contributed by atoms with E-state index in [0.717, 1.165) is 5.56 Å². The van der Waals surface area contributed by atoms with Crippen molar-refractivity contribution in [3.05, 3.63) is 129 Å². The molecule has 37 heavy (non-hydrogen) atoms. The number of aryl methyl sites for hydroxylation is 1. The smallest absolute Gasteiger partial charge is 0.345 e. The van der Waals surface area contributed by atoms with Crippen molar-refractivity contribution in [3.8, 4) is 11.5 Å². The Morgan fingerprint density at radius 1 is 0.865 bits per heavy atom. The lowest BCUT2D eigenvalue weighted by atomic mass is 10.2. The summed E-state index contributed by atoms with van der Waals surface area (Å²) in [6, 6.07) is 26.1. The molecule has 0 heterocycles. The molecule has 4 rings (SSSR count). The maximum absolute atomic E-state index is 12.4. The van der Waals surface area contributed by atoms with Gasteiger partial charge in [-0.25, -0.2) is 10.2 Å². The molecule has 0 spiro atoms. The largest absolute Gasteiger partial charge is 0.489 e. The average Bonchev–Trinajstić information content (AvgIpc) is 2.89. The minimum absolute atomic E-state index is 0.210. The number of halogens is 2. The van der Waals surface area contributed by atoms with E-state index in [-0.39, 0.29) is 16.5 Å². The lowest BCUT2D eigenvalue weighted by Gasteiger charge is -2.07. The van der Waals surface area contributed by atoms with Gasteiger partial charge in [-0.1, -0.05) is 53.0 Å². The number of rotatable bonds is 8. The number of nitrogens with one attached hydrogen (secondary N) is 1. The van der Waals surface area contributed by atoms with E-state index < -0.39 is 5.97 Å². The molecular weight excluding hydrogens is 511 g/mol. The first-order valence-electron chi connectivity index (χ1n) is 11.3. The molecule has 0 atom stereocenters. The van der Waals surface area contributed by atoms with E-state index in [2.05, 4.69) is 10.5 Å². The van der Waals surface area contributed by atoms with Gasteiger partial charge in [0, 0.05) is 10.6 Å². The molecule has 4 aromatic carbocycles. The third-order valence-electron chi connectivity index (χ3n) is 5.26. The maximum atomic E-state index is 12.4. The molecule has 0 unspecified atom stereocenters. The molecule has 8 heteroatoms. The molecular formula is C29H22Cl2N2O4. The van der Waals surface area contributed by atoms with E-state index in [0.29, 0.717) is 34.3 Å². The van der Waals surface area contributed by atoms with Crippen molar-refractivity contribution in [1.82, 2.24) is 5.43 Å². The van der Waals surface area contributed by atoms with E-state index in [1.54, 1.807) is 54.6 Å². The van der Waals surface area contributed by atoms with Crippen LogP contribution >= 0.6 is 23.2 Å². The molecule has 1 N–H and O–H groups in total. The molecule has 6 nitrogen and oxygen atoms in total. The predicted octanol–water partition coefficient (Wildman–Crippen LogP) is 6.86. The second-order valence-corrected chi connectivity index (χ2v) is 8.92. The van der Waals surface area contributed by atoms with Gasteiger partial charge < -0.3 is 9.47 Å². The first kappa shape index (κ1) is 25.9. The summed E-state index contributed by atoms with van der Waals surface area (Å²) < 4.78 is 11.1. The Balaban J connectivity index is 1.26. The Bertz CT molecular complexity index is 1420. The van der Waals surface area contributed by atoms with Crippen LogP contribution in [0.5, 0.6) is 11.5 Å². The van der Waals surface area contributed by atoms with Crippen molar-refractivity contribution >= 4 is 41.3 Å². The molecule has 0 aliphatic rings. The summed E-state index contributed by atoms with van der Waals surface area (Å²) >= 11 is 11.9. The fraction of sp³-hybridized carbons (Fsp3) is 0.0690. The first-order chi connectivity index (χ1) is 17.9. The van der Waals surface area contributed by atoms with Crippen molar-refractivity contribution < 1.29 is 19.1 Å². The highest BCUT2D eigenvalue weighted by molar-refractivity contribution is 6.36. The van der Waals surface area contributed by atoms with E-state index in [4.69, 9.17) is 32.7 Å².